The molecule has 1 amide bonds. The van der Waals surface area contributed by atoms with Gasteiger partial charge in [0.25, 0.3) is 0 Å². The van der Waals surface area contributed by atoms with Gasteiger partial charge >= 0.3 is 5.97 Å². The summed E-state index contributed by atoms with van der Waals surface area (Å²) in [6.45, 7) is 1.32. The SMILES string of the molecule is CC(=O)N[C@@H](CCc1ccccc1)C(=O)O. The third-order valence-electron chi connectivity index (χ3n) is 2.24. The van der Waals surface area contributed by atoms with E-state index < -0.39 is 12.0 Å². The molecule has 1 aromatic rings. The maximum absolute atomic E-state index is 10.8. The summed E-state index contributed by atoms with van der Waals surface area (Å²) in [7, 11) is 0. The van der Waals surface area contributed by atoms with Crippen LogP contribution in [0.4, 0.5) is 0 Å². The minimum absolute atomic E-state index is 0.319. The fourth-order valence-electron chi connectivity index (χ4n) is 1.46. The first-order valence-electron chi connectivity index (χ1n) is 5.13. The minimum Gasteiger partial charge on any atom is -0.480 e. The van der Waals surface area contributed by atoms with Crippen LogP contribution in [0.3, 0.4) is 0 Å². The van der Waals surface area contributed by atoms with E-state index in [9.17, 15) is 9.59 Å². The molecule has 1 atom stereocenters. The molecule has 0 aromatic heterocycles. The summed E-state index contributed by atoms with van der Waals surface area (Å²) in [5.41, 5.74) is 1.07. The van der Waals surface area contributed by atoms with Crippen LogP contribution in [0.1, 0.15) is 18.9 Å². The Morgan fingerprint density at radius 2 is 1.94 bits per heavy atom. The van der Waals surface area contributed by atoms with Crippen molar-refractivity contribution in [3.05, 3.63) is 35.9 Å². The molecule has 4 heteroatoms. The van der Waals surface area contributed by atoms with Gasteiger partial charge in [-0.3, -0.25) is 4.79 Å². The van der Waals surface area contributed by atoms with Gasteiger partial charge in [0.15, 0.2) is 0 Å². The molecule has 86 valence electrons. The fraction of sp³-hybridized carbons (Fsp3) is 0.333. The first kappa shape index (κ1) is 12.2. The average molecular weight is 221 g/mol. The number of carbonyl (C=O) groups excluding carboxylic acids is 1. The van der Waals surface area contributed by atoms with Gasteiger partial charge in [-0.1, -0.05) is 30.3 Å². The zero-order valence-electron chi connectivity index (χ0n) is 9.14. The monoisotopic (exact) mass is 221 g/mol. The average Bonchev–Trinajstić information content (AvgIpc) is 2.25. The van der Waals surface area contributed by atoms with E-state index in [-0.39, 0.29) is 5.91 Å². The van der Waals surface area contributed by atoms with Crippen LogP contribution in [0, 0.1) is 0 Å². The van der Waals surface area contributed by atoms with Gasteiger partial charge in [0, 0.05) is 6.92 Å². The highest BCUT2D eigenvalue weighted by Gasteiger charge is 2.17. The molecule has 1 aromatic carbocycles. The Bertz CT molecular complexity index is 362. The number of aryl methyl sites for hydroxylation is 1. The molecule has 0 spiro atoms. The molecular formula is C12H15NO3. The van der Waals surface area contributed by atoms with Crippen LogP contribution in [0.2, 0.25) is 0 Å². The Labute approximate surface area is 94.3 Å². The Hall–Kier alpha value is -1.84. The molecule has 4 nitrogen and oxygen atoms in total. The number of aliphatic carboxylic acids is 1. The zero-order valence-corrected chi connectivity index (χ0v) is 9.14. The number of rotatable bonds is 5. The first-order valence-corrected chi connectivity index (χ1v) is 5.13. The summed E-state index contributed by atoms with van der Waals surface area (Å²) in [5, 5.41) is 11.3. The molecule has 0 bridgehead atoms. The van der Waals surface area contributed by atoms with E-state index in [4.69, 9.17) is 5.11 Å². The van der Waals surface area contributed by atoms with Crippen LogP contribution in [-0.4, -0.2) is 23.0 Å². The van der Waals surface area contributed by atoms with Gasteiger partial charge < -0.3 is 10.4 Å². The van der Waals surface area contributed by atoms with Gasteiger partial charge in [0.1, 0.15) is 6.04 Å². The van der Waals surface area contributed by atoms with Crippen LogP contribution in [0.25, 0.3) is 0 Å². The third-order valence-corrected chi connectivity index (χ3v) is 2.24. The van der Waals surface area contributed by atoms with Gasteiger partial charge in [0.2, 0.25) is 5.91 Å². The number of amides is 1. The second kappa shape index (κ2) is 5.90. The van der Waals surface area contributed by atoms with E-state index >= 15 is 0 Å². The molecule has 0 aliphatic rings. The van der Waals surface area contributed by atoms with Crippen molar-refractivity contribution in [2.75, 3.05) is 0 Å². The number of benzene rings is 1. The minimum atomic E-state index is -0.994. The molecule has 0 aliphatic heterocycles. The highest BCUT2D eigenvalue weighted by molar-refractivity contribution is 5.82. The highest BCUT2D eigenvalue weighted by atomic mass is 16.4. The molecule has 0 heterocycles. The van der Waals surface area contributed by atoms with Crippen molar-refractivity contribution in [2.45, 2.75) is 25.8 Å². The van der Waals surface area contributed by atoms with Crippen molar-refractivity contribution < 1.29 is 14.7 Å². The van der Waals surface area contributed by atoms with Gasteiger partial charge in [-0.2, -0.15) is 0 Å². The van der Waals surface area contributed by atoms with Crippen LogP contribution >= 0.6 is 0 Å². The molecular weight excluding hydrogens is 206 g/mol. The second-order valence-corrected chi connectivity index (χ2v) is 3.62. The molecule has 0 saturated carbocycles. The van der Waals surface area contributed by atoms with Gasteiger partial charge in [0.05, 0.1) is 0 Å². The summed E-state index contributed by atoms with van der Waals surface area (Å²) in [6, 6.07) is 8.79. The number of carbonyl (C=O) groups is 2. The summed E-state index contributed by atoms with van der Waals surface area (Å²) in [4.78, 5) is 21.6. The predicted molar refractivity (Wildman–Crippen MR) is 60.0 cm³/mol. The van der Waals surface area contributed by atoms with Crippen molar-refractivity contribution in [2.24, 2.45) is 0 Å². The van der Waals surface area contributed by atoms with E-state index in [1.807, 2.05) is 30.3 Å². The van der Waals surface area contributed by atoms with Crippen LogP contribution in [0.5, 0.6) is 0 Å². The van der Waals surface area contributed by atoms with Crippen molar-refractivity contribution in [3.8, 4) is 0 Å². The lowest BCUT2D eigenvalue weighted by Gasteiger charge is -2.12. The topological polar surface area (TPSA) is 66.4 Å². The molecule has 0 radical (unpaired) electrons. The number of hydrogen-bond donors (Lipinski definition) is 2. The van der Waals surface area contributed by atoms with Crippen LogP contribution in [0.15, 0.2) is 30.3 Å². The Morgan fingerprint density at radius 3 is 2.44 bits per heavy atom. The van der Waals surface area contributed by atoms with E-state index in [1.165, 1.54) is 6.92 Å². The number of nitrogens with one attached hydrogen (secondary N) is 1. The summed E-state index contributed by atoms with van der Waals surface area (Å²) < 4.78 is 0. The van der Waals surface area contributed by atoms with Gasteiger partial charge in [-0.25, -0.2) is 4.79 Å². The Kier molecular flexibility index (Phi) is 4.51. The fourth-order valence-corrected chi connectivity index (χ4v) is 1.46. The van der Waals surface area contributed by atoms with E-state index in [0.29, 0.717) is 12.8 Å². The molecule has 1 rings (SSSR count). The van der Waals surface area contributed by atoms with E-state index in [0.717, 1.165) is 5.56 Å². The van der Waals surface area contributed by atoms with Crippen molar-refractivity contribution in [1.82, 2.24) is 5.32 Å². The number of carboxylic acid groups (broad SMARTS) is 1. The molecule has 2 N–H and O–H groups in total. The van der Waals surface area contributed by atoms with Gasteiger partial charge in [-0.15, -0.1) is 0 Å². The standard InChI is InChI=1S/C12H15NO3/c1-9(14)13-11(12(15)16)8-7-10-5-3-2-4-6-10/h2-6,11H,7-8H2,1H3,(H,13,14)(H,15,16)/t11-/m0/s1. The summed E-state index contributed by atoms with van der Waals surface area (Å²) in [5.74, 6) is -1.31. The van der Waals surface area contributed by atoms with Crippen molar-refractivity contribution in [1.29, 1.82) is 0 Å². The first-order chi connectivity index (χ1) is 7.59. The van der Waals surface area contributed by atoms with Crippen LogP contribution < -0.4 is 5.32 Å². The summed E-state index contributed by atoms with van der Waals surface area (Å²) >= 11 is 0. The largest absolute Gasteiger partial charge is 0.480 e. The number of carboxylic acids is 1. The lowest BCUT2D eigenvalue weighted by Crippen LogP contribution is -2.39. The normalized spacial score (nSPS) is 11.8. The molecule has 0 unspecified atom stereocenters. The Morgan fingerprint density at radius 1 is 1.31 bits per heavy atom. The van der Waals surface area contributed by atoms with Crippen molar-refractivity contribution in [3.63, 3.8) is 0 Å². The van der Waals surface area contributed by atoms with E-state index in [1.54, 1.807) is 0 Å². The Balaban J connectivity index is 2.50. The quantitative estimate of drug-likeness (QED) is 0.785. The molecule has 0 saturated heterocycles. The lowest BCUT2D eigenvalue weighted by molar-refractivity contribution is -0.141. The maximum atomic E-state index is 10.8. The zero-order chi connectivity index (χ0) is 12.0. The molecule has 0 fully saturated rings. The molecule has 16 heavy (non-hydrogen) atoms. The van der Waals surface area contributed by atoms with E-state index in [2.05, 4.69) is 5.32 Å². The van der Waals surface area contributed by atoms with Crippen molar-refractivity contribution >= 4 is 11.9 Å². The second-order valence-electron chi connectivity index (χ2n) is 3.62. The molecule has 0 aliphatic carbocycles. The third kappa shape index (κ3) is 4.13. The highest BCUT2D eigenvalue weighted by Crippen LogP contribution is 2.05. The lowest BCUT2D eigenvalue weighted by atomic mass is 10.1. The smallest absolute Gasteiger partial charge is 0.326 e. The summed E-state index contributed by atoms with van der Waals surface area (Å²) in [6.07, 6.45) is 1.04. The van der Waals surface area contributed by atoms with Gasteiger partial charge in [-0.05, 0) is 18.4 Å². The maximum Gasteiger partial charge on any atom is 0.326 e. The predicted octanol–water partition coefficient (Wildman–Crippen LogP) is 1.21. The number of hydrogen-bond acceptors (Lipinski definition) is 2. The van der Waals surface area contributed by atoms with Crippen LogP contribution in [-0.2, 0) is 16.0 Å².